The van der Waals surface area contributed by atoms with E-state index >= 15 is 0 Å². The molecule has 99 heavy (non-hydrogen) atoms. The van der Waals surface area contributed by atoms with Gasteiger partial charge in [-0.2, -0.15) is 0 Å². The Kier molecular flexibility index (Phi) is 344. The van der Waals surface area contributed by atoms with Crippen molar-refractivity contribution in [1.29, 1.82) is 0 Å². The predicted octanol–water partition coefficient (Wildman–Crippen LogP) is 40.8. The van der Waals surface area contributed by atoms with Crippen LogP contribution in [0.25, 0.3) is 0 Å². The molecule has 0 aromatic heterocycles. The van der Waals surface area contributed by atoms with E-state index in [4.69, 9.17) is 0 Å². The summed E-state index contributed by atoms with van der Waals surface area (Å²) in [6, 6.07) is 0. The van der Waals surface area contributed by atoms with E-state index < -0.39 is 0 Å². The van der Waals surface area contributed by atoms with Gasteiger partial charge in [0.05, 0.1) is 0 Å². The summed E-state index contributed by atoms with van der Waals surface area (Å²) in [5.41, 5.74) is 0.397. The normalized spacial score (nSPS) is 11.1. The van der Waals surface area contributed by atoms with E-state index in [0.29, 0.717) is 5.41 Å². The summed E-state index contributed by atoms with van der Waals surface area (Å²) in [5, 5.41) is 0. The minimum Gasteiger partial charge on any atom is -0.0683 e. The Morgan fingerprint density at radius 2 is 0.273 bits per heavy atom. The molecule has 0 spiro atoms. The molecule has 9 atom stereocenters. The summed E-state index contributed by atoms with van der Waals surface area (Å²) in [5.74, 6) is 17.3. The molecule has 0 bridgehead atoms. The Morgan fingerprint density at radius 3 is 0.374 bits per heavy atom. The van der Waals surface area contributed by atoms with Gasteiger partial charge in [0.25, 0.3) is 0 Å². The molecule has 0 aliphatic carbocycles. The molecule has 0 radical (unpaired) electrons. The first-order chi connectivity index (χ1) is 45.0. The van der Waals surface area contributed by atoms with Crippen LogP contribution in [0.2, 0.25) is 0 Å². The zero-order valence-electron chi connectivity index (χ0n) is 87.7. The summed E-state index contributed by atoms with van der Waals surface area (Å²) in [6.45, 7) is 158. The van der Waals surface area contributed by atoms with Crippen LogP contribution in [0.5, 0.6) is 0 Å². The Balaban J connectivity index is -0.0000000239. The average Bonchev–Trinajstić information content (AvgIpc) is 0.862. The molecule has 0 aromatic carbocycles. The average molecular weight is 1730 g/mol. The zero-order valence-corrected chi connectivity index (χ0v) is 92.0. The van der Waals surface area contributed by atoms with Gasteiger partial charge in [0.15, 0.2) is 0 Å². The molecule has 0 amide bonds. The molecule has 0 saturated carbocycles. The molecule has 0 N–H and O–H groups in total. The van der Waals surface area contributed by atoms with Crippen molar-refractivity contribution in [3.05, 3.63) is 0 Å². The Labute approximate surface area is 719 Å². The summed E-state index contributed by atoms with van der Waals surface area (Å²) >= 11 is 0. The van der Waals surface area contributed by atoms with Gasteiger partial charge in [-0.25, -0.2) is 0 Å². The molecule has 2 heteroatoms. The maximum atomic E-state index is 2.53. The van der Waals surface area contributed by atoms with Gasteiger partial charge >= 0.3 is 0 Å². The minimum atomic E-state index is 0. The SMILES string of the molecule is CC.CC.CC.CC.CC.CC.CC.CC.CC.CC.CC.CC.CC.CC.CC.CC.CC.CC(C)C.CC(C)C.CC(C)C(C)C.CC(C)C(C)C.CC(C)C(C)C.CC(C)C(C)C.CC(C)C(C)C.CCC(C)C(C)C(C)C(C)C(C)C(C)C(C)C(C)(C)C(C)C(C)CC.[Dy].[Gd]. The fourth-order valence-corrected chi connectivity index (χ4v) is 4.96. The Bertz CT molecular complexity index is 750. The number of rotatable bonds is 16. The van der Waals surface area contributed by atoms with Crippen molar-refractivity contribution in [1.82, 2.24) is 0 Å². The van der Waals surface area contributed by atoms with E-state index in [2.05, 4.69) is 270 Å². The first kappa shape index (κ1) is 185. The summed E-state index contributed by atoms with van der Waals surface area (Å²) in [4.78, 5) is 0. The molecule has 0 saturated heterocycles. The molecule has 0 heterocycles. The van der Waals surface area contributed by atoms with Gasteiger partial charge < -0.3 is 0 Å². The molecular weight excluding hydrogens is 1480 g/mol. The molecule has 0 fully saturated rings. The standard InChI is InChI=1S/C25H52.5C6H14.2C4H10.17C2H6.Dy.Gd/c1-14-16(3)18(5)19(6)20(7)21(8)22(9)24(11)25(12,13)23(10)17(4)15-2;5*1-5(2)6(3)4;2*1-4(2)3;17*1-2;;/h16-24H,14-15H2,1-13H3;5*5-6H,1-4H3;2*4H,1-3H3;17*1-2H3;;. The van der Waals surface area contributed by atoms with Gasteiger partial charge in [-0.15, -0.1) is 0 Å². The van der Waals surface area contributed by atoms with Gasteiger partial charge in [-0.3, -0.25) is 0 Å². The molecule has 0 aliphatic heterocycles. The Hall–Kier alpha value is 2.60. The maximum absolute atomic E-state index is 2.53. The van der Waals surface area contributed by atoms with E-state index in [1.807, 2.05) is 235 Å². The van der Waals surface area contributed by atoms with E-state index in [0.717, 1.165) is 124 Å². The van der Waals surface area contributed by atoms with E-state index in [9.17, 15) is 0 Å². The van der Waals surface area contributed by atoms with Gasteiger partial charge in [-0.1, -0.05) is 518 Å². The van der Waals surface area contributed by atoms with Gasteiger partial charge in [-0.05, 0) is 130 Å². The maximum Gasteiger partial charge on any atom is 0 e. The van der Waals surface area contributed by atoms with Crippen LogP contribution in [0.1, 0.15) is 518 Å². The fourth-order valence-electron chi connectivity index (χ4n) is 4.96. The van der Waals surface area contributed by atoms with Crippen molar-refractivity contribution in [2.75, 3.05) is 0 Å². The molecule has 0 aromatic rings. The third-order valence-electron chi connectivity index (χ3n) is 16.2. The van der Waals surface area contributed by atoms with E-state index in [1.54, 1.807) is 0 Å². The minimum absolute atomic E-state index is 0. The van der Waals surface area contributed by atoms with Crippen molar-refractivity contribution in [3.63, 3.8) is 0 Å². The topological polar surface area (TPSA) is 0 Å². The smallest absolute Gasteiger partial charge is 0 e. The van der Waals surface area contributed by atoms with Crippen molar-refractivity contribution in [3.8, 4) is 0 Å². The molecule has 0 nitrogen and oxygen atoms in total. The van der Waals surface area contributed by atoms with Gasteiger partial charge in [0.2, 0.25) is 0 Å². The third-order valence-corrected chi connectivity index (χ3v) is 16.2. The second-order valence-electron chi connectivity index (χ2n) is 26.4. The first-order valence-corrected chi connectivity index (χ1v) is 45.0. The van der Waals surface area contributed by atoms with Crippen molar-refractivity contribution >= 4 is 0 Å². The molecule has 0 rings (SSSR count). The van der Waals surface area contributed by atoms with Crippen LogP contribution in [-0.4, -0.2) is 0 Å². The quantitative estimate of drug-likeness (QED) is 0.144. The molecule has 0 aliphatic rings. The molecule has 9 unspecified atom stereocenters. The van der Waals surface area contributed by atoms with Crippen LogP contribution in [0.3, 0.4) is 0 Å². The summed E-state index contributed by atoms with van der Waals surface area (Å²) in [6.07, 6.45) is 2.60. The Morgan fingerprint density at radius 1 is 0.172 bits per heavy atom. The molecule has 650 valence electrons. The van der Waals surface area contributed by atoms with Crippen LogP contribution < -0.4 is 0 Å². The predicted molar refractivity (Wildman–Crippen MR) is 499 cm³/mol. The molecular formula is C97H244DyGd. The zero-order chi connectivity index (χ0) is 87.0. The van der Waals surface area contributed by atoms with Crippen LogP contribution in [-0.2, 0) is 0 Å². The second-order valence-corrected chi connectivity index (χ2v) is 26.4. The van der Waals surface area contributed by atoms with Crippen LogP contribution in [0.15, 0.2) is 0 Å². The van der Waals surface area contributed by atoms with Gasteiger partial charge in [0, 0.05) is 78.1 Å². The van der Waals surface area contributed by atoms with Gasteiger partial charge in [0.1, 0.15) is 0 Å². The summed E-state index contributed by atoms with van der Waals surface area (Å²) in [7, 11) is 0. The van der Waals surface area contributed by atoms with Crippen LogP contribution in [0, 0.1) is 208 Å². The monoisotopic (exact) mass is 1730 g/mol. The third kappa shape index (κ3) is 220. The van der Waals surface area contributed by atoms with Crippen LogP contribution >= 0.6 is 0 Å². The number of hydrogen-bond acceptors (Lipinski definition) is 0. The van der Waals surface area contributed by atoms with Crippen molar-refractivity contribution in [2.45, 2.75) is 518 Å². The van der Waals surface area contributed by atoms with Crippen LogP contribution in [0.4, 0.5) is 0 Å². The largest absolute Gasteiger partial charge is 0.0683 e. The van der Waals surface area contributed by atoms with Crippen molar-refractivity contribution in [2.24, 2.45) is 130 Å². The second kappa shape index (κ2) is 184. The van der Waals surface area contributed by atoms with E-state index in [-0.39, 0.29) is 78.1 Å². The van der Waals surface area contributed by atoms with E-state index in [1.165, 1.54) is 12.8 Å². The fraction of sp³-hybridized carbons (Fsp3) is 1.00. The first-order valence-electron chi connectivity index (χ1n) is 45.0. The van der Waals surface area contributed by atoms with Crippen molar-refractivity contribution < 1.29 is 78.1 Å². The number of hydrogen-bond donors (Lipinski definition) is 0. The summed E-state index contributed by atoms with van der Waals surface area (Å²) < 4.78 is 0.